The molecule has 6 nitrogen and oxygen atoms in total. The molecule has 10 heteroatoms. The summed E-state index contributed by atoms with van der Waals surface area (Å²) in [5.41, 5.74) is -1.96. The normalized spacial score (nSPS) is 12.7. The van der Waals surface area contributed by atoms with E-state index >= 15 is 0 Å². The van der Waals surface area contributed by atoms with Crippen LogP contribution < -0.4 is 4.72 Å². The second kappa shape index (κ2) is 6.41. The summed E-state index contributed by atoms with van der Waals surface area (Å²) in [4.78, 5) is -0.890. The minimum absolute atomic E-state index is 0.370. The van der Waals surface area contributed by atoms with Crippen molar-refractivity contribution in [3.63, 3.8) is 0 Å². The molecule has 4 N–H and O–H groups in total. The number of hydrogen-bond acceptors (Lipinski definition) is 5. The van der Waals surface area contributed by atoms with Crippen molar-refractivity contribution in [3.05, 3.63) is 28.2 Å². The van der Waals surface area contributed by atoms with E-state index in [1.54, 1.807) is 4.72 Å². The molecule has 0 amide bonds. The number of sulfonamides is 1. The summed E-state index contributed by atoms with van der Waals surface area (Å²) in [7, 11) is -4.55. The Bertz CT molecular complexity index is 560. The average Bonchev–Trinajstić information content (AvgIpc) is 2.34. The molecular formula is C10H12BrF2NO5S. The van der Waals surface area contributed by atoms with Gasteiger partial charge in [0, 0.05) is 10.5 Å². The molecular weight excluding hydrogens is 364 g/mol. The Labute approximate surface area is 122 Å². The fourth-order valence-corrected chi connectivity index (χ4v) is 3.91. The van der Waals surface area contributed by atoms with Crippen molar-refractivity contribution in [1.82, 2.24) is 4.72 Å². The Hall–Kier alpha value is -0.650. The van der Waals surface area contributed by atoms with E-state index in [1.807, 2.05) is 0 Å². The zero-order valence-corrected chi connectivity index (χ0v) is 12.4. The fourth-order valence-electron chi connectivity index (χ4n) is 1.37. The lowest BCUT2D eigenvalue weighted by molar-refractivity contribution is 0.0581. The predicted octanol–water partition coefficient (Wildman–Crippen LogP) is -0.279. The monoisotopic (exact) mass is 375 g/mol. The van der Waals surface area contributed by atoms with Crippen LogP contribution in [0, 0.1) is 11.6 Å². The van der Waals surface area contributed by atoms with Gasteiger partial charge in [0.25, 0.3) is 0 Å². The van der Waals surface area contributed by atoms with Gasteiger partial charge in [-0.15, -0.1) is 0 Å². The molecule has 0 saturated heterocycles. The summed E-state index contributed by atoms with van der Waals surface area (Å²) in [6.07, 6.45) is 0. The van der Waals surface area contributed by atoms with Crippen molar-refractivity contribution < 1.29 is 32.5 Å². The van der Waals surface area contributed by atoms with Crippen molar-refractivity contribution in [2.75, 3.05) is 19.8 Å². The molecule has 0 unspecified atom stereocenters. The zero-order valence-electron chi connectivity index (χ0n) is 9.98. The van der Waals surface area contributed by atoms with Crippen molar-refractivity contribution in [1.29, 1.82) is 0 Å². The Morgan fingerprint density at radius 3 is 2.05 bits per heavy atom. The van der Waals surface area contributed by atoms with E-state index in [4.69, 9.17) is 15.3 Å². The molecule has 0 spiro atoms. The Morgan fingerprint density at radius 1 is 1.15 bits per heavy atom. The molecule has 0 fully saturated rings. The van der Waals surface area contributed by atoms with Gasteiger partial charge < -0.3 is 15.3 Å². The first kappa shape index (κ1) is 17.4. The second-order valence-corrected chi connectivity index (χ2v) is 6.53. The maximum Gasteiger partial charge on any atom is 0.245 e. The molecule has 1 aromatic carbocycles. The zero-order chi connectivity index (χ0) is 15.6. The van der Waals surface area contributed by atoms with Gasteiger partial charge in [0.1, 0.15) is 22.1 Å². The first-order valence-corrected chi connectivity index (χ1v) is 7.50. The van der Waals surface area contributed by atoms with E-state index in [0.29, 0.717) is 6.07 Å². The van der Waals surface area contributed by atoms with Crippen LogP contribution in [-0.2, 0) is 10.0 Å². The Morgan fingerprint density at radius 2 is 1.65 bits per heavy atom. The predicted molar refractivity (Wildman–Crippen MR) is 68.4 cm³/mol. The third kappa shape index (κ3) is 3.51. The average molecular weight is 376 g/mol. The van der Waals surface area contributed by atoms with E-state index in [1.165, 1.54) is 0 Å². The third-order valence-corrected chi connectivity index (χ3v) is 5.03. The number of nitrogens with one attached hydrogen (secondary N) is 1. The highest BCUT2D eigenvalue weighted by molar-refractivity contribution is 9.10. The van der Waals surface area contributed by atoms with Crippen LogP contribution in [0.15, 0.2) is 21.5 Å². The summed E-state index contributed by atoms with van der Waals surface area (Å²) in [6.45, 7) is -2.75. The molecule has 0 radical (unpaired) electrons. The quantitative estimate of drug-likeness (QED) is 0.547. The van der Waals surface area contributed by atoms with Crippen molar-refractivity contribution >= 4 is 26.0 Å². The van der Waals surface area contributed by atoms with Gasteiger partial charge in [0.05, 0.1) is 19.8 Å². The molecule has 0 aliphatic heterocycles. The topological polar surface area (TPSA) is 107 Å². The van der Waals surface area contributed by atoms with Crippen LogP contribution in [0.5, 0.6) is 0 Å². The molecule has 1 rings (SSSR count). The van der Waals surface area contributed by atoms with Crippen molar-refractivity contribution in [3.8, 4) is 0 Å². The van der Waals surface area contributed by atoms with Gasteiger partial charge >= 0.3 is 0 Å². The van der Waals surface area contributed by atoms with E-state index < -0.39 is 51.9 Å². The highest BCUT2D eigenvalue weighted by atomic mass is 79.9. The van der Waals surface area contributed by atoms with Crippen LogP contribution in [0.4, 0.5) is 8.78 Å². The molecule has 114 valence electrons. The summed E-state index contributed by atoms with van der Waals surface area (Å²) in [5, 5.41) is 27.2. The van der Waals surface area contributed by atoms with Crippen LogP contribution in [0.3, 0.4) is 0 Å². The molecule has 0 aliphatic carbocycles. The van der Waals surface area contributed by atoms with Gasteiger partial charge in [-0.05, 0) is 22.0 Å². The van der Waals surface area contributed by atoms with Crippen molar-refractivity contribution in [2.24, 2.45) is 0 Å². The molecule has 0 aromatic heterocycles. The summed E-state index contributed by atoms with van der Waals surface area (Å²) >= 11 is 2.72. The summed E-state index contributed by atoms with van der Waals surface area (Å²) in [6, 6.07) is 1.12. The van der Waals surface area contributed by atoms with Gasteiger partial charge in [-0.3, -0.25) is 0 Å². The number of rotatable bonds is 6. The first-order valence-electron chi connectivity index (χ1n) is 5.22. The fraction of sp³-hybridized carbons (Fsp3) is 0.400. The number of aliphatic hydroxyl groups excluding tert-OH is 3. The van der Waals surface area contributed by atoms with Gasteiger partial charge in [-0.25, -0.2) is 17.2 Å². The lowest BCUT2D eigenvalue weighted by Crippen LogP contribution is -2.56. The highest BCUT2D eigenvalue weighted by Gasteiger charge is 2.36. The Kier molecular flexibility index (Phi) is 5.58. The minimum Gasteiger partial charge on any atom is -0.394 e. The third-order valence-electron chi connectivity index (χ3n) is 2.49. The van der Waals surface area contributed by atoms with E-state index in [2.05, 4.69) is 15.9 Å². The maximum absolute atomic E-state index is 13.6. The molecule has 20 heavy (non-hydrogen) atoms. The largest absolute Gasteiger partial charge is 0.394 e. The number of aliphatic hydroxyl groups is 3. The number of benzene rings is 1. The summed E-state index contributed by atoms with van der Waals surface area (Å²) in [5.74, 6) is -2.34. The van der Waals surface area contributed by atoms with Crippen LogP contribution >= 0.6 is 15.9 Å². The lowest BCUT2D eigenvalue weighted by atomic mass is 10.1. The van der Waals surface area contributed by atoms with Crippen molar-refractivity contribution in [2.45, 2.75) is 10.4 Å². The van der Waals surface area contributed by atoms with Crippen LogP contribution in [0.1, 0.15) is 0 Å². The summed E-state index contributed by atoms with van der Waals surface area (Å²) < 4.78 is 52.1. The number of halogens is 3. The van der Waals surface area contributed by atoms with Gasteiger partial charge in [0.2, 0.25) is 10.0 Å². The van der Waals surface area contributed by atoms with E-state index in [-0.39, 0.29) is 4.47 Å². The van der Waals surface area contributed by atoms with E-state index in [9.17, 15) is 17.2 Å². The standard InChI is InChI=1S/C10H12BrF2NO5S/c11-7-1-6(12)2-8(13)9(7)20(18,19)14-10(3-15,4-16)5-17/h1-2,14-17H,3-5H2. The van der Waals surface area contributed by atoms with Crippen LogP contribution in [0.2, 0.25) is 0 Å². The van der Waals surface area contributed by atoms with Gasteiger partial charge in [0.15, 0.2) is 0 Å². The van der Waals surface area contributed by atoms with Crippen LogP contribution in [-0.4, -0.2) is 49.1 Å². The molecule has 0 aliphatic rings. The smallest absolute Gasteiger partial charge is 0.245 e. The SMILES string of the molecule is O=S(=O)(NC(CO)(CO)CO)c1c(F)cc(F)cc1Br. The number of hydrogen-bond donors (Lipinski definition) is 4. The minimum atomic E-state index is -4.55. The van der Waals surface area contributed by atoms with E-state index in [0.717, 1.165) is 6.07 Å². The molecule has 0 bridgehead atoms. The Balaban J connectivity index is 3.32. The molecule has 0 atom stereocenters. The molecule has 1 aromatic rings. The first-order chi connectivity index (χ1) is 9.21. The van der Waals surface area contributed by atoms with Gasteiger partial charge in [-0.2, -0.15) is 4.72 Å². The lowest BCUT2D eigenvalue weighted by Gasteiger charge is -2.28. The van der Waals surface area contributed by atoms with Gasteiger partial charge in [-0.1, -0.05) is 0 Å². The molecule has 0 saturated carbocycles. The highest BCUT2D eigenvalue weighted by Crippen LogP contribution is 2.27. The molecule has 0 heterocycles. The maximum atomic E-state index is 13.6. The van der Waals surface area contributed by atoms with Crippen LogP contribution in [0.25, 0.3) is 0 Å². The second-order valence-electron chi connectivity index (χ2n) is 4.06.